The first-order chi connectivity index (χ1) is 11.7. The molecular formula is C18H29N3O2S. The summed E-state index contributed by atoms with van der Waals surface area (Å²) in [5, 5.41) is 4.39. The fourth-order valence-corrected chi connectivity index (χ4v) is 4.21. The van der Waals surface area contributed by atoms with Crippen molar-refractivity contribution in [3.8, 4) is 0 Å². The summed E-state index contributed by atoms with van der Waals surface area (Å²) in [6.07, 6.45) is 3.42. The number of hydrogen-bond acceptors (Lipinski definition) is 5. The molecule has 0 atom stereocenters. The number of likely N-dealkylation sites (tertiary alicyclic amines) is 1. The first-order valence-electron chi connectivity index (χ1n) is 9.09. The van der Waals surface area contributed by atoms with Crippen molar-refractivity contribution in [1.29, 1.82) is 0 Å². The Hall–Kier alpha value is -1.11. The predicted octanol–water partition coefficient (Wildman–Crippen LogP) is 2.29. The minimum Gasteiger partial charge on any atom is -0.378 e. The lowest BCUT2D eigenvalue weighted by atomic mass is 10.1. The SMILES string of the molecule is CC(=O)N1CCC(OCCCN2CCN(c3ccsc3)CC2)CC1. The van der Waals surface area contributed by atoms with Crippen LogP contribution in [0.1, 0.15) is 26.2 Å². The van der Waals surface area contributed by atoms with Crippen molar-refractivity contribution in [3.05, 3.63) is 16.8 Å². The largest absolute Gasteiger partial charge is 0.378 e. The maximum absolute atomic E-state index is 11.3. The third kappa shape index (κ3) is 4.94. The molecule has 0 unspecified atom stereocenters. The molecule has 134 valence electrons. The average molecular weight is 352 g/mol. The van der Waals surface area contributed by atoms with Crippen LogP contribution in [0.5, 0.6) is 0 Å². The Bertz CT molecular complexity index is 492. The summed E-state index contributed by atoms with van der Waals surface area (Å²) >= 11 is 1.77. The van der Waals surface area contributed by atoms with Crippen LogP contribution in [0.25, 0.3) is 0 Å². The molecule has 2 aliphatic rings. The van der Waals surface area contributed by atoms with Crippen molar-refractivity contribution < 1.29 is 9.53 Å². The van der Waals surface area contributed by atoms with E-state index in [1.165, 1.54) is 5.69 Å². The molecule has 0 N–H and O–H groups in total. The Morgan fingerprint density at radius 3 is 2.58 bits per heavy atom. The number of carbonyl (C=O) groups excluding carboxylic acids is 1. The van der Waals surface area contributed by atoms with Crippen LogP contribution in [0.15, 0.2) is 16.8 Å². The lowest BCUT2D eigenvalue weighted by molar-refractivity contribution is -0.131. The first-order valence-corrected chi connectivity index (χ1v) is 10.0. The van der Waals surface area contributed by atoms with Gasteiger partial charge < -0.3 is 14.5 Å². The first kappa shape index (κ1) is 17.7. The molecule has 0 spiro atoms. The second-order valence-electron chi connectivity index (χ2n) is 6.74. The minimum atomic E-state index is 0.190. The number of rotatable bonds is 6. The summed E-state index contributed by atoms with van der Waals surface area (Å²) < 4.78 is 6.01. The number of hydrogen-bond donors (Lipinski definition) is 0. The van der Waals surface area contributed by atoms with Gasteiger partial charge in [0.2, 0.25) is 5.91 Å². The molecule has 1 aromatic heterocycles. The van der Waals surface area contributed by atoms with Crippen molar-refractivity contribution in [2.75, 3.05) is 57.3 Å². The number of piperazine rings is 1. The third-order valence-corrected chi connectivity index (χ3v) is 5.77. The molecule has 24 heavy (non-hydrogen) atoms. The van der Waals surface area contributed by atoms with Crippen LogP contribution in [-0.4, -0.2) is 74.2 Å². The Morgan fingerprint density at radius 2 is 1.96 bits per heavy atom. The van der Waals surface area contributed by atoms with Crippen LogP contribution in [0.2, 0.25) is 0 Å². The average Bonchev–Trinajstić information content (AvgIpc) is 3.14. The van der Waals surface area contributed by atoms with Crippen LogP contribution in [0.3, 0.4) is 0 Å². The summed E-state index contributed by atoms with van der Waals surface area (Å²) in [5.41, 5.74) is 1.37. The van der Waals surface area contributed by atoms with E-state index in [1.807, 2.05) is 4.90 Å². The number of thiophene rings is 1. The molecule has 2 fully saturated rings. The molecule has 2 saturated heterocycles. The standard InChI is InChI=1S/C18H29N3O2S/c1-16(22)20-7-3-18(4-8-20)23-13-2-6-19-9-11-21(12-10-19)17-5-14-24-15-17/h5,14-15,18H,2-4,6-13H2,1H3. The summed E-state index contributed by atoms with van der Waals surface area (Å²) in [6, 6.07) is 2.21. The van der Waals surface area contributed by atoms with E-state index in [-0.39, 0.29) is 5.91 Å². The summed E-state index contributed by atoms with van der Waals surface area (Å²) in [4.78, 5) is 18.3. The Labute approximate surface area is 149 Å². The van der Waals surface area contributed by atoms with Gasteiger partial charge in [0.15, 0.2) is 0 Å². The van der Waals surface area contributed by atoms with Crippen molar-refractivity contribution in [2.24, 2.45) is 0 Å². The molecule has 1 aromatic rings. The summed E-state index contributed by atoms with van der Waals surface area (Å²) in [7, 11) is 0. The number of piperidine rings is 1. The van der Waals surface area contributed by atoms with E-state index in [0.29, 0.717) is 6.10 Å². The molecule has 3 heterocycles. The maximum atomic E-state index is 11.3. The zero-order valence-electron chi connectivity index (χ0n) is 14.7. The summed E-state index contributed by atoms with van der Waals surface area (Å²) in [6.45, 7) is 9.87. The van der Waals surface area contributed by atoms with E-state index < -0.39 is 0 Å². The highest BCUT2D eigenvalue weighted by molar-refractivity contribution is 7.08. The van der Waals surface area contributed by atoms with Crippen LogP contribution in [-0.2, 0) is 9.53 Å². The topological polar surface area (TPSA) is 36.0 Å². The van der Waals surface area contributed by atoms with E-state index >= 15 is 0 Å². The number of ether oxygens (including phenoxy) is 1. The number of anilines is 1. The third-order valence-electron chi connectivity index (χ3n) is 5.10. The van der Waals surface area contributed by atoms with Gasteiger partial charge in [-0.25, -0.2) is 0 Å². The van der Waals surface area contributed by atoms with Gasteiger partial charge in [-0.1, -0.05) is 0 Å². The number of nitrogens with zero attached hydrogens (tertiary/aromatic N) is 3. The Kier molecular flexibility index (Phi) is 6.51. The number of amides is 1. The van der Waals surface area contributed by atoms with Gasteiger partial charge in [0, 0.05) is 70.4 Å². The quantitative estimate of drug-likeness (QED) is 0.737. The summed E-state index contributed by atoms with van der Waals surface area (Å²) in [5.74, 6) is 0.190. The van der Waals surface area contributed by atoms with E-state index in [1.54, 1.807) is 18.3 Å². The fraction of sp³-hybridized carbons (Fsp3) is 0.722. The molecule has 2 aliphatic heterocycles. The van der Waals surface area contributed by atoms with Crippen molar-refractivity contribution >= 4 is 22.9 Å². The predicted molar refractivity (Wildman–Crippen MR) is 98.8 cm³/mol. The molecule has 6 heteroatoms. The molecule has 0 bridgehead atoms. The smallest absolute Gasteiger partial charge is 0.219 e. The molecule has 0 radical (unpaired) electrons. The van der Waals surface area contributed by atoms with Crippen molar-refractivity contribution in [3.63, 3.8) is 0 Å². The van der Waals surface area contributed by atoms with Crippen LogP contribution in [0, 0.1) is 0 Å². The van der Waals surface area contributed by atoms with Crippen molar-refractivity contribution in [2.45, 2.75) is 32.3 Å². The van der Waals surface area contributed by atoms with Crippen molar-refractivity contribution in [1.82, 2.24) is 9.80 Å². The second kappa shape index (κ2) is 8.83. The van der Waals surface area contributed by atoms with Crippen LogP contribution >= 0.6 is 11.3 Å². The fourth-order valence-electron chi connectivity index (χ4n) is 3.54. The molecule has 0 aliphatic carbocycles. The lowest BCUT2D eigenvalue weighted by Crippen LogP contribution is -2.46. The van der Waals surface area contributed by atoms with Gasteiger partial charge in [-0.3, -0.25) is 9.69 Å². The monoisotopic (exact) mass is 351 g/mol. The van der Waals surface area contributed by atoms with Gasteiger partial charge in [0.25, 0.3) is 0 Å². The molecule has 3 rings (SSSR count). The highest BCUT2D eigenvalue weighted by Gasteiger charge is 2.21. The normalized spacial score (nSPS) is 20.5. The van der Waals surface area contributed by atoms with Crippen LogP contribution < -0.4 is 4.90 Å². The second-order valence-corrected chi connectivity index (χ2v) is 7.52. The Balaban J connectivity index is 1.25. The van der Waals surface area contributed by atoms with Gasteiger partial charge >= 0.3 is 0 Å². The molecular weight excluding hydrogens is 322 g/mol. The van der Waals surface area contributed by atoms with E-state index in [9.17, 15) is 4.79 Å². The molecule has 0 saturated carbocycles. The van der Waals surface area contributed by atoms with Gasteiger partial charge in [-0.15, -0.1) is 0 Å². The molecule has 5 nitrogen and oxygen atoms in total. The van der Waals surface area contributed by atoms with E-state index in [0.717, 1.165) is 71.7 Å². The van der Waals surface area contributed by atoms with E-state index in [4.69, 9.17) is 4.74 Å². The van der Waals surface area contributed by atoms with Gasteiger partial charge in [0.05, 0.1) is 6.10 Å². The zero-order chi connectivity index (χ0) is 16.8. The van der Waals surface area contributed by atoms with Gasteiger partial charge in [-0.05, 0) is 30.7 Å². The maximum Gasteiger partial charge on any atom is 0.219 e. The van der Waals surface area contributed by atoms with Crippen LogP contribution in [0.4, 0.5) is 5.69 Å². The van der Waals surface area contributed by atoms with Gasteiger partial charge in [-0.2, -0.15) is 11.3 Å². The highest BCUT2D eigenvalue weighted by Crippen LogP contribution is 2.19. The number of carbonyl (C=O) groups is 1. The molecule has 1 amide bonds. The van der Waals surface area contributed by atoms with E-state index in [2.05, 4.69) is 26.6 Å². The Morgan fingerprint density at radius 1 is 1.21 bits per heavy atom. The zero-order valence-corrected chi connectivity index (χ0v) is 15.5. The molecule has 0 aromatic carbocycles. The minimum absolute atomic E-state index is 0.190. The van der Waals surface area contributed by atoms with Gasteiger partial charge in [0.1, 0.15) is 0 Å². The highest BCUT2D eigenvalue weighted by atomic mass is 32.1. The lowest BCUT2D eigenvalue weighted by Gasteiger charge is -2.35.